The maximum absolute atomic E-state index is 12.2. The van der Waals surface area contributed by atoms with Crippen molar-refractivity contribution in [3.8, 4) is 11.5 Å². The Hall–Kier alpha value is -1.78. The molecule has 1 aromatic heterocycles. The Bertz CT molecular complexity index is 746. The summed E-state index contributed by atoms with van der Waals surface area (Å²) in [6, 6.07) is 5.48. The van der Waals surface area contributed by atoms with Crippen LogP contribution in [0.2, 0.25) is 5.02 Å². The van der Waals surface area contributed by atoms with Crippen LogP contribution in [0.1, 0.15) is 25.7 Å². The van der Waals surface area contributed by atoms with E-state index >= 15 is 0 Å². The third-order valence-electron chi connectivity index (χ3n) is 3.18. The van der Waals surface area contributed by atoms with E-state index in [1.165, 1.54) is 0 Å². The highest BCUT2D eigenvalue weighted by molar-refractivity contribution is 7.12. The minimum absolute atomic E-state index is 0.00867. The van der Waals surface area contributed by atoms with Crippen molar-refractivity contribution < 1.29 is 14.3 Å². The average molecular weight is 321 g/mol. The highest BCUT2D eigenvalue weighted by atomic mass is 35.5. The van der Waals surface area contributed by atoms with Crippen LogP contribution in [-0.4, -0.2) is 12.6 Å². The van der Waals surface area contributed by atoms with Crippen molar-refractivity contribution in [2.75, 3.05) is 6.79 Å². The number of carbonyl (C=O) groups is 1. The molecule has 21 heavy (non-hydrogen) atoms. The molecule has 0 unspecified atom stereocenters. The number of ketones is 1. The molecule has 0 fully saturated rings. The van der Waals surface area contributed by atoms with E-state index in [0.717, 1.165) is 20.9 Å². The molecule has 2 heterocycles. The average Bonchev–Trinajstić information content (AvgIpc) is 3.02. The number of halogens is 1. The maximum Gasteiger partial charge on any atom is 0.231 e. The molecule has 0 N–H and O–H groups in total. The molecule has 0 amide bonds. The van der Waals surface area contributed by atoms with Gasteiger partial charge in [0.1, 0.15) is 0 Å². The minimum Gasteiger partial charge on any atom is -0.454 e. The standard InChI is InChI=1S/C16H13ClO3S/c1-9-5-12(10(2)21-9)14(18)4-3-11-6-13(17)16-15(7-11)19-8-20-16/h3-7H,8H2,1-2H3/b4-3+. The van der Waals surface area contributed by atoms with Crippen molar-refractivity contribution in [1.29, 1.82) is 0 Å². The fraction of sp³-hybridized carbons (Fsp3) is 0.188. The number of hydrogen-bond donors (Lipinski definition) is 0. The summed E-state index contributed by atoms with van der Waals surface area (Å²) in [4.78, 5) is 14.4. The molecule has 0 aliphatic carbocycles. The van der Waals surface area contributed by atoms with Crippen molar-refractivity contribution in [1.82, 2.24) is 0 Å². The quantitative estimate of drug-likeness (QED) is 0.610. The summed E-state index contributed by atoms with van der Waals surface area (Å²) < 4.78 is 10.6. The third-order valence-corrected chi connectivity index (χ3v) is 4.43. The van der Waals surface area contributed by atoms with E-state index in [1.807, 2.05) is 26.0 Å². The fourth-order valence-electron chi connectivity index (χ4n) is 2.22. The molecule has 5 heteroatoms. The molecule has 1 aromatic carbocycles. The first-order chi connectivity index (χ1) is 10.0. The molecule has 1 aliphatic rings. The lowest BCUT2D eigenvalue weighted by molar-refractivity contribution is 0.104. The van der Waals surface area contributed by atoms with Crippen molar-refractivity contribution in [3.05, 3.63) is 50.2 Å². The summed E-state index contributed by atoms with van der Waals surface area (Å²) in [7, 11) is 0. The summed E-state index contributed by atoms with van der Waals surface area (Å²) in [5.74, 6) is 1.16. The molecular formula is C16H13ClO3S. The summed E-state index contributed by atoms with van der Waals surface area (Å²) >= 11 is 7.74. The zero-order valence-electron chi connectivity index (χ0n) is 11.6. The van der Waals surface area contributed by atoms with Gasteiger partial charge in [0, 0.05) is 15.3 Å². The Morgan fingerprint density at radius 3 is 2.81 bits per heavy atom. The van der Waals surface area contributed by atoms with E-state index < -0.39 is 0 Å². The van der Waals surface area contributed by atoms with E-state index in [9.17, 15) is 4.79 Å². The summed E-state index contributed by atoms with van der Waals surface area (Å²) in [6.45, 7) is 4.13. The normalized spacial score (nSPS) is 13.1. The number of fused-ring (bicyclic) bond motifs is 1. The number of carbonyl (C=O) groups excluding carboxylic acids is 1. The number of ether oxygens (including phenoxy) is 2. The third kappa shape index (κ3) is 2.82. The zero-order chi connectivity index (χ0) is 15.0. The molecule has 2 aromatic rings. The SMILES string of the molecule is Cc1cc(C(=O)/C=C/c2cc(Cl)c3c(c2)OCO3)c(C)s1. The van der Waals surface area contributed by atoms with Crippen LogP contribution in [0.3, 0.4) is 0 Å². The van der Waals surface area contributed by atoms with Gasteiger partial charge in [-0.05, 0) is 43.7 Å². The summed E-state index contributed by atoms with van der Waals surface area (Å²) in [5.41, 5.74) is 1.56. The summed E-state index contributed by atoms with van der Waals surface area (Å²) in [5, 5.41) is 0.486. The molecule has 1 aliphatic heterocycles. The molecule has 0 saturated carbocycles. The topological polar surface area (TPSA) is 35.5 Å². The number of thiophene rings is 1. The van der Waals surface area contributed by atoms with Crippen LogP contribution < -0.4 is 9.47 Å². The van der Waals surface area contributed by atoms with Crippen LogP contribution in [-0.2, 0) is 0 Å². The second-order valence-electron chi connectivity index (χ2n) is 4.76. The van der Waals surface area contributed by atoms with Gasteiger partial charge in [0.15, 0.2) is 17.3 Å². The lowest BCUT2D eigenvalue weighted by atomic mass is 10.1. The largest absolute Gasteiger partial charge is 0.454 e. The van der Waals surface area contributed by atoms with Crippen molar-refractivity contribution in [3.63, 3.8) is 0 Å². The number of rotatable bonds is 3. The van der Waals surface area contributed by atoms with Gasteiger partial charge in [0.25, 0.3) is 0 Å². The second-order valence-corrected chi connectivity index (χ2v) is 6.63. The predicted molar refractivity (Wildman–Crippen MR) is 84.7 cm³/mol. The first kappa shape index (κ1) is 14.2. The lowest BCUT2D eigenvalue weighted by Crippen LogP contribution is -1.93. The van der Waals surface area contributed by atoms with E-state index in [0.29, 0.717) is 16.5 Å². The van der Waals surface area contributed by atoms with Crippen molar-refractivity contribution in [2.45, 2.75) is 13.8 Å². The van der Waals surface area contributed by atoms with Crippen LogP contribution in [0.15, 0.2) is 24.3 Å². The Morgan fingerprint density at radius 2 is 2.10 bits per heavy atom. The molecule has 3 rings (SSSR count). The Morgan fingerprint density at radius 1 is 1.29 bits per heavy atom. The van der Waals surface area contributed by atoms with E-state index in [-0.39, 0.29) is 12.6 Å². The molecule has 0 spiro atoms. The predicted octanol–water partition coefficient (Wildman–Crippen LogP) is 4.64. The molecule has 0 saturated heterocycles. The highest BCUT2D eigenvalue weighted by Crippen LogP contribution is 2.40. The van der Waals surface area contributed by atoms with Crippen LogP contribution in [0.25, 0.3) is 6.08 Å². The molecule has 108 valence electrons. The molecule has 0 atom stereocenters. The maximum atomic E-state index is 12.2. The highest BCUT2D eigenvalue weighted by Gasteiger charge is 2.17. The van der Waals surface area contributed by atoms with Crippen molar-refractivity contribution in [2.24, 2.45) is 0 Å². The number of hydrogen-bond acceptors (Lipinski definition) is 4. The van der Waals surface area contributed by atoms with Crippen LogP contribution in [0, 0.1) is 13.8 Å². The second kappa shape index (κ2) is 5.54. The van der Waals surface area contributed by atoms with Gasteiger partial charge in [0.2, 0.25) is 6.79 Å². The Labute approximate surface area is 131 Å². The molecule has 0 radical (unpaired) electrons. The first-order valence-corrected chi connectivity index (χ1v) is 7.62. The van der Waals surface area contributed by atoms with Crippen LogP contribution in [0.5, 0.6) is 11.5 Å². The first-order valence-electron chi connectivity index (χ1n) is 6.43. The van der Waals surface area contributed by atoms with Gasteiger partial charge in [-0.25, -0.2) is 0 Å². The monoisotopic (exact) mass is 320 g/mol. The molecule has 3 nitrogen and oxygen atoms in total. The van der Waals surface area contributed by atoms with Crippen molar-refractivity contribution >= 4 is 34.8 Å². The van der Waals surface area contributed by atoms with Gasteiger partial charge in [-0.15, -0.1) is 11.3 Å². The zero-order valence-corrected chi connectivity index (χ0v) is 13.2. The Kier molecular flexibility index (Phi) is 3.74. The Balaban J connectivity index is 1.85. The molecule has 0 bridgehead atoms. The number of benzene rings is 1. The van der Waals surface area contributed by atoms with Gasteiger partial charge in [-0.2, -0.15) is 0 Å². The van der Waals surface area contributed by atoms with E-state index in [4.69, 9.17) is 21.1 Å². The molecular weight excluding hydrogens is 308 g/mol. The summed E-state index contributed by atoms with van der Waals surface area (Å²) in [6.07, 6.45) is 3.30. The van der Waals surface area contributed by atoms with Gasteiger partial charge in [-0.1, -0.05) is 17.7 Å². The number of aryl methyl sites for hydroxylation is 2. The minimum atomic E-state index is -0.00867. The number of allylic oxidation sites excluding steroid dienone is 1. The van der Waals surface area contributed by atoms with E-state index in [1.54, 1.807) is 29.6 Å². The fourth-order valence-corrected chi connectivity index (χ4v) is 3.42. The van der Waals surface area contributed by atoms with Gasteiger partial charge in [0.05, 0.1) is 5.02 Å². The smallest absolute Gasteiger partial charge is 0.231 e. The lowest BCUT2D eigenvalue weighted by Gasteiger charge is -2.01. The van der Waals surface area contributed by atoms with E-state index in [2.05, 4.69) is 0 Å². The van der Waals surface area contributed by atoms with Crippen LogP contribution >= 0.6 is 22.9 Å². The van der Waals surface area contributed by atoms with Gasteiger partial charge >= 0.3 is 0 Å². The van der Waals surface area contributed by atoms with Crippen LogP contribution in [0.4, 0.5) is 0 Å². The van der Waals surface area contributed by atoms with Gasteiger partial charge < -0.3 is 9.47 Å². The van der Waals surface area contributed by atoms with Gasteiger partial charge in [-0.3, -0.25) is 4.79 Å².